The van der Waals surface area contributed by atoms with Crippen molar-refractivity contribution in [3.05, 3.63) is 42.0 Å². The molecular weight excluding hydrogens is 329 g/mol. The molecule has 0 aromatic heterocycles. The largest absolute Gasteiger partial charge is 0.496 e. The Morgan fingerprint density at radius 1 is 1.00 bits per heavy atom. The smallest absolute Gasteiger partial charge is 0.455 e. The number of methoxy groups -OCH3 is 1. The second-order valence-corrected chi connectivity index (χ2v) is 4.50. The highest BCUT2D eigenvalue weighted by Gasteiger charge is 2.62. The maximum Gasteiger partial charge on any atom is 0.455 e. The summed E-state index contributed by atoms with van der Waals surface area (Å²) < 4.78 is 69.6. The van der Waals surface area contributed by atoms with Gasteiger partial charge in [-0.2, -0.15) is 22.0 Å². The van der Waals surface area contributed by atoms with Crippen LogP contribution in [-0.2, 0) is 0 Å². The van der Waals surface area contributed by atoms with Crippen molar-refractivity contribution in [3.8, 4) is 5.75 Å². The number of halogens is 6. The summed E-state index contributed by atoms with van der Waals surface area (Å²) in [6.07, 6.45) is -5.74. The maximum absolute atomic E-state index is 13.5. The van der Waals surface area contributed by atoms with Gasteiger partial charge in [-0.25, -0.2) is 0 Å². The van der Waals surface area contributed by atoms with Crippen LogP contribution in [0.15, 0.2) is 36.4 Å². The number of nitrogens with two attached hydrogens (primary N) is 1. The molecule has 122 valence electrons. The summed E-state index contributed by atoms with van der Waals surface area (Å²) in [5.41, 5.74) is 4.89. The van der Waals surface area contributed by atoms with E-state index in [-0.39, 0.29) is 29.1 Å². The lowest BCUT2D eigenvalue weighted by Gasteiger charge is -2.27. The molecular formula is C14H13ClF5NO. The number of benzene rings is 2. The summed E-state index contributed by atoms with van der Waals surface area (Å²) in [6, 6.07) is 6.53. The Bertz CT molecular complexity index is 659. The summed E-state index contributed by atoms with van der Waals surface area (Å²) in [4.78, 5) is 0. The van der Waals surface area contributed by atoms with Crippen LogP contribution in [0.25, 0.3) is 10.8 Å². The van der Waals surface area contributed by atoms with Gasteiger partial charge in [-0.1, -0.05) is 30.3 Å². The number of ether oxygens (including phenoxy) is 1. The molecule has 8 heteroatoms. The van der Waals surface area contributed by atoms with E-state index in [0.29, 0.717) is 5.39 Å². The minimum Gasteiger partial charge on any atom is -0.496 e. The van der Waals surface area contributed by atoms with Crippen molar-refractivity contribution in [3.63, 3.8) is 0 Å². The van der Waals surface area contributed by atoms with Gasteiger partial charge < -0.3 is 10.5 Å². The molecule has 0 unspecified atom stereocenters. The molecule has 2 aromatic rings. The van der Waals surface area contributed by atoms with Crippen molar-refractivity contribution >= 4 is 23.2 Å². The molecule has 2 nitrogen and oxygen atoms in total. The fourth-order valence-electron chi connectivity index (χ4n) is 2.13. The minimum atomic E-state index is -5.74. The van der Waals surface area contributed by atoms with Gasteiger partial charge in [0.1, 0.15) is 11.8 Å². The van der Waals surface area contributed by atoms with Crippen LogP contribution in [0.5, 0.6) is 5.75 Å². The number of alkyl halides is 5. The summed E-state index contributed by atoms with van der Waals surface area (Å²) in [5.74, 6) is -5.17. The lowest BCUT2D eigenvalue weighted by Crippen LogP contribution is -2.46. The van der Waals surface area contributed by atoms with Crippen LogP contribution in [0.1, 0.15) is 11.6 Å². The maximum atomic E-state index is 13.5. The molecule has 0 amide bonds. The second kappa shape index (κ2) is 6.26. The van der Waals surface area contributed by atoms with E-state index in [2.05, 4.69) is 0 Å². The van der Waals surface area contributed by atoms with Crippen molar-refractivity contribution in [1.82, 2.24) is 0 Å². The normalized spacial score (nSPS) is 13.6. The molecule has 2 N–H and O–H groups in total. The molecule has 2 rings (SSSR count). The summed E-state index contributed by atoms with van der Waals surface area (Å²) in [6.45, 7) is 0. The van der Waals surface area contributed by atoms with Crippen LogP contribution in [-0.4, -0.2) is 19.2 Å². The third-order valence-electron chi connectivity index (χ3n) is 3.23. The van der Waals surface area contributed by atoms with Crippen LogP contribution < -0.4 is 10.5 Å². The first-order chi connectivity index (χ1) is 9.70. The van der Waals surface area contributed by atoms with E-state index in [1.54, 1.807) is 18.2 Å². The zero-order valence-electron chi connectivity index (χ0n) is 11.3. The van der Waals surface area contributed by atoms with Gasteiger partial charge in [-0.05, 0) is 16.8 Å². The molecule has 22 heavy (non-hydrogen) atoms. The molecule has 0 saturated heterocycles. The van der Waals surface area contributed by atoms with E-state index in [1.807, 2.05) is 0 Å². The average molecular weight is 342 g/mol. The fraction of sp³-hybridized carbons (Fsp3) is 0.286. The van der Waals surface area contributed by atoms with Gasteiger partial charge >= 0.3 is 12.1 Å². The Kier molecular flexibility index (Phi) is 5.25. The Labute approximate surface area is 129 Å². The first-order valence-corrected chi connectivity index (χ1v) is 5.96. The van der Waals surface area contributed by atoms with Gasteiger partial charge in [0.05, 0.1) is 7.11 Å². The van der Waals surface area contributed by atoms with Gasteiger partial charge in [0.2, 0.25) is 0 Å². The molecule has 0 spiro atoms. The Hall–Kier alpha value is -1.60. The first kappa shape index (κ1) is 18.4. The lowest BCUT2D eigenvalue weighted by molar-refractivity contribution is -0.290. The van der Waals surface area contributed by atoms with E-state index < -0.39 is 18.1 Å². The van der Waals surface area contributed by atoms with Gasteiger partial charge in [-0.15, -0.1) is 12.4 Å². The fourth-order valence-corrected chi connectivity index (χ4v) is 2.13. The zero-order chi connectivity index (χ0) is 15.8. The molecule has 2 aromatic carbocycles. The van der Waals surface area contributed by atoms with E-state index in [1.165, 1.54) is 25.3 Å². The highest BCUT2D eigenvalue weighted by atomic mass is 35.5. The Morgan fingerprint density at radius 2 is 1.59 bits per heavy atom. The molecule has 0 saturated carbocycles. The van der Waals surface area contributed by atoms with E-state index >= 15 is 0 Å². The van der Waals surface area contributed by atoms with Crippen molar-refractivity contribution in [2.45, 2.75) is 18.1 Å². The van der Waals surface area contributed by atoms with E-state index in [4.69, 9.17) is 10.5 Å². The minimum absolute atomic E-state index is 0. The predicted octanol–water partition coefficient (Wildman–Crippen LogP) is 4.47. The van der Waals surface area contributed by atoms with Gasteiger partial charge in [0.25, 0.3) is 0 Å². The van der Waals surface area contributed by atoms with Crippen LogP contribution in [0, 0.1) is 0 Å². The first-order valence-electron chi connectivity index (χ1n) is 5.96. The van der Waals surface area contributed by atoms with Gasteiger partial charge in [0.15, 0.2) is 0 Å². The van der Waals surface area contributed by atoms with Crippen LogP contribution >= 0.6 is 12.4 Å². The third kappa shape index (κ3) is 2.96. The second-order valence-electron chi connectivity index (χ2n) is 4.50. The van der Waals surface area contributed by atoms with Crippen molar-refractivity contribution in [2.75, 3.05) is 7.11 Å². The van der Waals surface area contributed by atoms with Gasteiger partial charge in [0, 0.05) is 5.56 Å². The predicted molar refractivity (Wildman–Crippen MR) is 75.7 cm³/mol. The topological polar surface area (TPSA) is 35.2 Å². The molecule has 0 radical (unpaired) electrons. The summed E-state index contributed by atoms with van der Waals surface area (Å²) in [7, 11) is 1.19. The Balaban J connectivity index is 0.00000242. The van der Waals surface area contributed by atoms with Crippen LogP contribution in [0.2, 0.25) is 0 Å². The van der Waals surface area contributed by atoms with Crippen LogP contribution in [0.3, 0.4) is 0 Å². The molecule has 0 bridgehead atoms. The highest BCUT2D eigenvalue weighted by molar-refractivity contribution is 5.88. The van der Waals surface area contributed by atoms with E-state index in [9.17, 15) is 22.0 Å². The highest BCUT2D eigenvalue weighted by Crippen LogP contribution is 2.46. The number of fused-ring (bicyclic) bond motifs is 1. The zero-order valence-corrected chi connectivity index (χ0v) is 12.1. The average Bonchev–Trinajstić information content (AvgIpc) is 2.44. The number of hydrogen-bond acceptors (Lipinski definition) is 2. The molecule has 1 atom stereocenters. The van der Waals surface area contributed by atoms with Crippen molar-refractivity contribution in [2.24, 2.45) is 5.73 Å². The quantitative estimate of drug-likeness (QED) is 0.836. The van der Waals surface area contributed by atoms with Crippen molar-refractivity contribution in [1.29, 1.82) is 0 Å². The summed E-state index contributed by atoms with van der Waals surface area (Å²) >= 11 is 0. The Morgan fingerprint density at radius 3 is 2.14 bits per heavy atom. The van der Waals surface area contributed by atoms with Gasteiger partial charge in [-0.3, -0.25) is 0 Å². The molecule has 0 heterocycles. The lowest BCUT2D eigenvalue weighted by atomic mass is 9.94. The molecule has 0 fully saturated rings. The molecule has 0 aliphatic heterocycles. The van der Waals surface area contributed by atoms with Crippen molar-refractivity contribution < 1.29 is 26.7 Å². The van der Waals surface area contributed by atoms with Crippen LogP contribution in [0.4, 0.5) is 22.0 Å². The summed E-state index contributed by atoms with van der Waals surface area (Å²) in [5, 5.41) is 0.704. The number of hydrogen-bond donors (Lipinski definition) is 1. The molecule has 0 aliphatic rings. The third-order valence-corrected chi connectivity index (χ3v) is 3.23. The standard InChI is InChI=1S/C14H12F5NO.ClH/c1-21-10-7-6-8-4-2-3-5-9(8)11(10)12(20)13(15,16)14(17,18)19;/h2-7,12H,20H2,1H3;1H/t12-;/m1./s1. The monoisotopic (exact) mass is 341 g/mol. The number of rotatable bonds is 3. The molecule has 0 aliphatic carbocycles. The van der Waals surface area contributed by atoms with E-state index in [0.717, 1.165) is 0 Å². The SMILES string of the molecule is COc1ccc2ccccc2c1[C@@H](N)C(F)(F)C(F)(F)F.Cl.